The summed E-state index contributed by atoms with van der Waals surface area (Å²) in [6, 6.07) is -0.453. The number of thioether (sulfide) groups is 1. The minimum atomic E-state index is -0.788. The van der Waals surface area contributed by atoms with Crippen molar-refractivity contribution in [2.24, 2.45) is 0 Å². The quantitative estimate of drug-likeness (QED) is 0.822. The molecule has 1 saturated heterocycles. The van der Waals surface area contributed by atoms with Gasteiger partial charge in [0.2, 0.25) is 11.8 Å². The van der Waals surface area contributed by atoms with Gasteiger partial charge in [-0.25, -0.2) is 0 Å². The van der Waals surface area contributed by atoms with Gasteiger partial charge in [0, 0.05) is 25.0 Å². The highest BCUT2D eigenvalue weighted by Gasteiger charge is 2.29. The molecule has 1 aromatic heterocycles. The number of nitrogens with zero attached hydrogens (tertiary/aromatic N) is 3. The van der Waals surface area contributed by atoms with Gasteiger partial charge < -0.3 is 9.52 Å². The Hall–Kier alpha value is -1.08. The number of hydrogen-bond donors (Lipinski definition) is 1. The lowest BCUT2D eigenvalue weighted by molar-refractivity contribution is -0.142. The van der Waals surface area contributed by atoms with Gasteiger partial charge in [0.1, 0.15) is 6.04 Å². The van der Waals surface area contributed by atoms with Crippen molar-refractivity contribution in [2.45, 2.75) is 19.5 Å². The largest absolute Gasteiger partial charge is 0.480 e. The summed E-state index contributed by atoms with van der Waals surface area (Å²) in [6.45, 7) is 2.87. The average molecular weight is 243 g/mol. The highest BCUT2D eigenvalue weighted by Crippen LogP contribution is 2.18. The van der Waals surface area contributed by atoms with Crippen LogP contribution in [0.2, 0.25) is 0 Å². The van der Waals surface area contributed by atoms with E-state index in [1.54, 1.807) is 18.7 Å². The maximum atomic E-state index is 11.0. The van der Waals surface area contributed by atoms with E-state index in [0.29, 0.717) is 24.1 Å². The Labute approximate surface area is 97.0 Å². The lowest BCUT2D eigenvalue weighted by Gasteiger charge is -2.31. The van der Waals surface area contributed by atoms with Gasteiger partial charge in [0.05, 0.1) is 6.54 Å². The van der Waals surface area contributed by atoms with Gasteiger partial charge in [-0.2, -0.15) is 11.8 Å². The molecular weight excluding hydrogens is 230 g/mol. The fourth-order valence-corrected chi connectivity index (χ4v) is 2.74. The van der Waals surface area contributed by atoms with E-state index < -0.39 is 12.0 Å². The third-order valence-electron chi connectivity index (χ3n) is 2.43. The standard InChI is InChI=1S/C9H13N3O3S/c1-6-10-11-8(15-6)4-12-2-3-16-5-7(12)9(13)14/h7H,2-5H2,1H3,(H,13,14). The molecule has 2 rings (SSSR count). The third kappa shape index (κ3) is 2.53. The van der Waals surface area contributed by atoms with Crippen LogP contribution in [-0.4, -0.2) is 50.3 Å². The zero-order valence-corrected chi connectivity index (χ0v) is 9.74. The maximum absolute atomic E-state index is 11.0. The molecule has 0 aromatic carbocycles. The highest BCUT2D eigenvalue weighted by molar-refractivity contribution is 7.99. The summed E-state index contributed by atoms with van der Waals surface area (Å²) in [6.07, 6.45) is 0. The number of aryl methyl sites for hydroxylation is 1. The van der Waals surface area contributed by atoms with Gasteiger partial charge in [0.25, 0.3) is 0 Å². The van der Waals surface area contributed by atoms with Crippen molar-refractivity contribution in [3.05, 3.63) is 11.8 Å². The Morgan fingerprint density at radius 3 is 3.12 bits per heavy atom. The van der Waals surface area contributed by atoms with E-state index in [1.165, 1.54) is 0 Å². The van der Waals surface area contributed by atoms with Crippen LogP contribution in [0.25, 0.3) is 0 Å². The predicted molar refractivity (Wildman–Crippen MR) is 58.2 cm³/mol. The molecule has 1 N–H and O–H groups in total. The Kier molecular flexibility index (Phi) is 3.45. The lowest BCUT2D eigenvalue weighted by atomic mass is 10.2. The van der Waals surface area contributed by atoms with Crippen LogP contribution in [0.15, 0.2) is 4.42 Å². The molecule has 1 fully saturated rings. The van der Waals surface area contributed by atoms with Crippen molar-refractivity contribution in [1.29, 1.82) is 0 Å². The molecule has 0 spiro atoms. The van der Waals surface area contributed by atoms with Crippen molar-refractivity contribution in [2.75, 3.05) is 18.1 Å². The summed E-state index contributed by atoms with van der Waals surface area (Å²) in [5, 5.41) is 16.7. The molecule has 7 heteroatoms. The molecular formula is C9H13N3O3S. The van der Waals surface area contributed by atoms with E-state index in [-0.39, 0.29) is 0 Å². The monoisotopic (exact) mass is 243 g/mol. The molecule has 2 heterocycles. The molecule has 1 aliphatic rings. The summed E-state index contributed by atoms with van der Waals surface area (Å²) in [5.41, 5.74) is 0. The fraction of sp³-hybridized carbons (Fsp3) is 0.667. The Balaban J connectivity index is 2.03. The second-order valence-electron chi connectivity index (χ2n) is 3.61. The molecule has 1 atom stereocenters. The lowest BCUT2D eigenvalue weighted by Crippen LogP contribution is -2.46. The minimum absolute atomic E-state index is 0.415. The molecule has 1 unspecified atom stereocenters. The summed E-state index contributed by atoms with van der Waals surface area (Å²) >= 11 is 1.66. The maximum Gasteiger partial charge on any atom is 0.321 e. The SMILES string of the molecule is Cc1nnc(CN2CCSCC2C(=O)O)o1. The molecule has 88 valence electrons. The van der Waals surface area contributed by atoms with Crippen LogP contribution in [0.3, 0.4) is 0 Å². The first kappa shape index (κ1) is 11.4. The van der Waals surface area contributed by atoms with Crippen molar-refractivity contribution in [1.82, 2.24) is 15.1 Å². The van der Waals surface area contributed by atoms with Gasteiger partial charge >= 0.3 is 5.97 Å². The number of rotatable bonds is 3. The molecule has 6 nitrogen and oxygen atoms in total. The zero-order valence-electron chi connectivity index (χ0n) is 8.92. The van der Waals surface area contributed by atoms with Gasteiger partial charge in [0.15, 0.2) is 0 Å². The van der Waals surface area contributed by atoms with Crippen molar-refractivity contribution >= 4 is 17.7 Å². The molecule has 16 heavy (non-hydrogen) atoms. The number of carboxylic acids is 1. The number of carboxylic acid groups (broad SMARTS) is 1. The van der Waals surface area contributed by atoms with Crippen LogP contribution in [0.5, 0.6) is 0 Å². The normalized spacial score (nSPS) is 22.2. The second kappa shape index (κ2) is 4.84. The van der Waals surface area contributed by atoms with Crippen LogP contribution in [-0.2, 0) is 11.3 Å². The molecule has 1 aliphatic heterocycles. The van der Waals surface area contributed by atoms with Crippen LogP contribution in [0.1, 0.15) is 11.8 Å². The van der Waals surface area contributed by atoms with Crippen LogP contribution in [0, 0.1) is 6.92 Å². The van der Waals surface area contributed by atoms with Gasteiger partial charge in [-0.15, -0.1) is 10.2 Å². The first-order valence-electron chi connectivity index (χ1n) is 5.00. The van der Waals surface area contributed by atoms with E-state index in [9.17, 15) is 4.79 Å². The summed E-state index contributed by atoms with van der Waals surface area (Å²) in [4.78, 5) is 12.9. The molecule has 0 aliphatic carbocycles. The summed E-state index contributed by atoms with van der Waals surface area (Å²) < 4.78 is 5.25. The fourth-order valence-electron chi connectivity index (χ4n) is 1.63. The number of aromatic nitrogens is 2. The number of aliphatic carboxylic acids is 1. The first-order chi connectivity index (χ1) is 7.66. The highest BCUT2D eigenvalue weighted by atomic mass is 32.2. The smallest absolute Gasteiger partial charge is 0.321 e. The Morgan fingerprint density at radius 2 is 2.50 bits per heavy atom. The van der Waals surface area contributed by atoms with E-state index in [1.807, 2.05) is 4.90 Å². The summed E-state index contributed by atoms with van der Waals surface area (Å²) in [7, 11) is 0. The predicted octanol–water partition coefficient (Wildman–Crippen LogP) is 0.380. The van der Waals surface area contributed by atoms with E-state index in [0.717, 1.165) is 12.3 Å². The molecule has 0 radical (unpaired) electrons. The third-order valence-corrected chi connectivity index (χ3v) is 3.45. The van der Waals surface area contributed by atoms with E-state index >= 15 is 0 Å². The van der Waals surface area contributed by atoms with Crippen molar-refractivity contribution in [3.63, 3.8) is 0 Å². The van der Waals surface area contributed by atoms with Crippen LogP contribution < -0.4 is 0 Å². The summed E-state index contributed by atoms with van der Waals surface area (Å²) in [5.74, 6) is 1.76. The Morgan fingerprint density at radius 1 is 1.69 bits per heavy atom. The average Bonchev–Trinajstić information content (AvgIpc) is 2.64. The van der Waals surface area contributed by atoms with Crippen LogP contribution in [0.4, 0.5) is 0 Å². The Bertz CT molecular complexity index is 382. The van der Waals surface area contributed by atoms with Crippen molar-refractivity contribution < 1.29 is 14.3 Å². The van der Waals surface area contributed by atoms with E-state index in [2.05, 4.69) is 10.2 Å². The molecule has 0 amide bonds. The topological polar surface area (TPSA) is 79.5 Å². The molecule has 1 aromatic rings. The van der Waals surface area contributed by atoms with Crippen LogP contribution >= 0.6 is 11.8 Å². The zero-order chi connectivity index (χ0) is 11.5. The van der Waals surface area contributed by atoms with E-state index in [4.69, 9.17) is 9.52 Å². The molecule has 0 saturated carbocycles. The number of carbonyl (C=O) groups is 1. The van der Waals surface area contributed by atoms with Gasteiger partial charge in [-0.05, 0) is 0 Å². The van der Waals surface area contributed by atoms with Crippen molar-refractivity contribution in [3.8, 4) is 0 Å². The first-order valence-corrected chi connectivity index (χ1v) is 6.16. The number of hydrogen-bond acceptors (Lipinski definition) is 6. The van der Waals surface area contributed by atoms with Gasteiger partial charge in [-0.1, -0.05) is 0 Å². The second-order valence-corrected chi connectivity index (χ2v) is 4.76. The van der Waals surface area contributed by atoms with Gasteiger partial charge in [-0.3, -0.25) is 9.69 Å². The molecule has 0 bridgehead atoms. The minimum Gasteiger partial charge on any atom is -0.480 e.